The van der Waals surface area contributed by atoms with Crippen LogP contribution in [0.1, 0.15) is 18.5 Å². The number of amides is 1. The van der Waals surface area contributed by atoms with E-state index in [0.29, 0.717) is 22.7 Å². The van der Waals surface area contributed by atoms with Crippen LogP contribution in [0, 0.1) is 5.82 Å². The minimum atomic E-state index is -3.71. The first-order valence-corrected chi connectivity index (χ1v) is 10.0. The minimum Gasteiger partial charge on any atom is -0.454 e. The number of sulfonamides is 1. The Hall–Kier alpha value is -2.81. The van der Waals surface area contributed by atoms with Crippen molar-refractivity contribution >= 4 is 21.6 Å². The van der Waals surface area contributed by atoms with Gasteiger partial charge in [-0.05, 0) is 36.8 Å². The van der Waals surface area contributed by atoms with Crippen molar-refractivity contribution in [2.24, 2.45) is 0 Å². The highest BCUT2D eigenvalue weighted by molar-refractivity contribution is 7.92. The van der Waals surface area contributed by atoms with Gasteiger partial charge < -0.3 is 14.8 Å². The molecule has 2 aromatic carbocycles. The summed E-state index contributed by atoms with van der Waals surface area (Å²) in [5.41, 5.74) is 1.00. The van der Waals surface area contributed by atoms with E-state index < -0.39 is 28.5 Å². The lowest BCUT2D eigenvalue weighted by molar-refractivity contribution is -0.120. The number of rotatable bonds is 6. The summed E-state index contributed by atoms with van der Waals surface area (Å²) < 4.78 is 48.9. The Balaban J connectivity index is 1.75. The van der Waals surface area contributed by atoms with Crippen molar-refractivity contribution in [2.75, 3.05) is 23.9 Å². The largest absolute Gasteiger partial charge is 0.454 e. The van der Waals surface area contributed by atoms with Crippen molar-refractivity contribution in [1.29, 1.82) is 0 Å². The number of carbonyl (C=O) groups is 1. The number of hydrogen-bond acceptors (Lipinski definition) is 5. The van der Waals surface area contributed by atoms with Crippen LogP contribution >= 0.6 is 0 Å². The summed E-state index contributed by atoms with van der Waals surface area (Å²) in [6.45, 7) is 1.40. The van der Waals surface area contributed by atoms with E-state index in [2.05, 4.69) is 5.32 Å². The molecule has 1 aliphatic rings. The smallest absolute Gasteiger partial charge is 0.241 e. The summed E-state index contributed by atoms with van der Waals surface area (Å²) in [4.78, 5) is 12.4. The molecule has 3 rings (SSSR count). The summed E-state index contributed by atoms with van der Waals surface area (Å²) >= 11 is 0. The molecule has 0 spiro atoms. The Labute approximate surface area is 156 Å². The number of nitrogens with zero attached hydrogens (tertiary/aromatic N) is 1. The van der Waals surface area contributed by atoms with Gasteiger partial charge in [-0.2, -0.15) is 0 Å². The minimum absolute atomic E-state index is 0.0628. The summed E-state index contributed by atoms with van der Waals surface area (Å²) in [6.07, 6.45) is 1.02. The number of hydrogen-bond donors (Lipinski definition) is 1. The standard InChI is InChI=1S/C18H19FN2O5S/c1-12(13-3-5-14(19)6-4-13)20-18(22)10-21(27(2,23)24)15-7-8-16-17(9-15)26-11-25-16/h3-9,12H,10-11H2,1-2H3,(H,20,22). The van der Waals surface area contributed by atoms with Crippen LogP contribution in [0.4, 0.5) is 10.1 Å². The fourth-order valence-electron chi connectivity index (χ4n) is 2.69. The van der Waals surface area contributed by atoms with E-state index in [9.17, 15) is 17.6 Å². The molecule has 1 amide bonds. The third-order valence-corrected chi connectivity index (χ3v) is 5.22. The highest BCUT2D eigenvalue weighted by Gasteiger charge is 2.24. The molecule has 1 N–H and O–H groups in total. The predicted molar refractivity (Wildman–Crippen MR) is 97.7 cm³/mol. The van der Waals surface area contributed by atoms with Crippen molar-refractivity contribution in [1.82, 2.24) is 5.32 Å². The molecule has 1 unspecified atom stereocenters. The fourth-order valence-corrected chi connectivity index (χ4v) is 3.54. The van der Waals surface area contributed by atoms with E-state index in [-0.39, 0.29) is 12.6 Å². The molecule has 1 heterocycles. The van der Waals surface area contributed by atoms with E-state index in [1.54, 1.807) is 31.2 Å². The first-order chi connectivity index (χ1) is 12.7. The zero-order chi connectivity index (χ0) is 19.6. The highest BCUT2D eigenvalue weighted by Crippen LogP contribution is 2.36. The summed E-state index contributed by atoms with van der Waals surface area (Å²) in [5, 5.41) is 2.72. The summed E-state index contributed by atoms with van der Waals surface area (Å²) in [7, 11) is -3.71. The molecule has 0 radical (unpaired) electrons. The van der Waals surface area contributed by atoms with Crippen LogP contribution in [0.15, 0.2) is 42.5 Å². The Morgan fingerprint density at radius 2 is 1.85 bits per heavy atom. The number of nitrogens with one attached hydrogen (secondary N) is 1. The molecule has 0 aromatic heterocycles. The molecule has 1 aliphatic heterocycles. The zero-order valence-electron chi connectivity index (χ0n) is 14.8. The quantitative estimate of drug-likeness (QED) is 0.812. The maximum Gasteiger partial charge on any atom is 0.241 e. The molecule has 9 heteroatoms. The zero-order valence-corrected chi connectivity index (χ0v) is 15.6. The molecule has 7 nitrogen and oxygen atoms in total. The fraction of sp³-hybridized carbons (Fsp3) is 0.278. The van der Waals surface area contributed by atoms with E-state index in [0.717, 1.165) is 10.6 Å². The number of benzene rings is 2. The van der Waals surface area contributed by atoms with Crippen molar-refractivity contribution in [2.45, 2.75) is 13.0 Å². The SMILES string of the molecule is CC(NC(=O)CN(c1ccc2c(c1)OCO2)S(C)(=O)=O)c1ccc(F)cc1. The number of ether oxygens (including phenoxy) is 2. The van der Waals surface area contributed by atoms with Gasteiger partial charge in [0, 0.05) is 6.07 Å². The van der Waals surface area contributed by atoms with Crippen molar-refractivity contribution < 1.29 is 27.1 Å². The second-order valence-corrected chi connectivity index (χ2v) is 8.05. The average molecular weight is 394 g/mol. The van der Waals surface area contributed by atoms with Gasteiger partial charge in [-0.3, -0.25) is 9.10 Å². The molecule has 0 saturated heterocycles. The molecular weight excluding hydrogens is 375 g/mol. The van der Waals surface area contributed by atoms with Crippen LogP contribution in [0.5, 0.6) is 11.5 Å². The van der Waals surface area contributed by atoms with Crippen molar-refractivity contribution in [3.63, 3.8) is 0 Å². The molecule has 27 heavy (non-hydrogen) atoms. The lowest BCUT2D eigenvalue weighted by atomic mass is 10.1. The monoisotopic (exact) mass is 394 g/mol. The highest BCUT2D eigenvalue weighted by atomic mass is 32.2. The number of anilines is 1. The van der Waals surface area contributed by atoms with Gasteiger partial charge in [0.05, 0.1) is 18.0 Å². The maximum atomic E-state index is 13.0. The molecule has 2 aromatic rings. The maximum absolute atomic E-state index is 13.0. The lowest BCUT2D eigenvalue weighted by Gasteiger charge is -2.23. The third-order valence-electron chi connectivity index (χ3n) is 4.08. The van der Waals surface area contributed by atoms with E-state index in [4.69, 9.17) is 9.47 Å². The van der Waals surface area contributed by atoms with Gasteiger partial charge in [-0.15, -0.1) is 0 Å². The molecule has 144 valence electrons. The van der Waals surface area contributed by atoms with Gasteiger partial charge in [0.2, 0.25) is 22.7 Å². The van der Waals surface area contributed by atoms with Gasteiger partial charge in [0.1, 0.15) is 12.4 Å². The normalized spacial score (nSPS) is 13.9. The lowest BCUT2D eigenvalue weighted by Crippen LogP contribution is -2.41. The molecule has 0 saturated carbocycles. The van der Waals surface area contributed by atoms with E-state index in [1.807, 2.05) is 0 Å². The Kier molecular flexibility index (Phi) is 5.22. The first kappa shape index (κ1) is 19.0. The molecule has 1 atom stereocenters. The first-order valence-electron chi connectivity index (χ1n) is 8.16. The molecule has 0 fully saturated rings. The molecule has 0 aliphatic carbocycles. The third kappa shape index (κ3) is 4.48. The summed E-state index contributed by atoms with van der Waals surface area (Å²) in [6, 6.07) is 9.97. The van der Waals surface area contributed by atoms with Crippen LogP contribution in [-0.4, -0.2) is 33.9 Å². The second kappa shape index (κ2) is 7.43. The van der Waals surface area contributed by atoms with Gasteiger partial charge >= 0.3 is 0 Å². The second-order valence-electron chi connectivity index (χ2n) is 6.15. The Morgan fingerprint density at radius 1 is 1.19 bits per heavy atom. The van der Waals surface area contributed by atoms with Crippen LogP contribution in [-0.2, 0) is 14.8 Å². The molecule has 0 bridgehead atoms. The number of carbonyl (C=O) groups excluding carboxylic acids is 1. The van der Waals surface area contributed by atoms with Crippen LogP contribution in [0.2, 0.25) is 0 Å². The summed E-state index contributed by atoms with van der Waals surface area (Å²) in [5.74, 6) is 0.0704. The average Bonchev–Trinajstić information content (AvgIpc) is 3.06. The van der Waals surface area contributed by atoms with Gasteiger partial charge in [0.15, 0.2) is 11.5 Å². The van der Waals surface area contributed by atoms with E-state index in [1.165, 1.54) is 18.2 Å². The number of fused-ring (bicyclic) bond motifs is 1. The Morgan fingerprint density at radius 3 is 2.52 bits per heavy atom. The predicted octanol–water partition coefficient (Wildman–Crippen LogP) is 2.20. The van der Waals surface area contributed by atoms with Gasteiger partial charge in [-0.25, -0.2) is 12.8 Å². The van der Waals surface area contributed by atoms with Crippen molar-refractivity contribution in [3.05, 3.63) is 53.8 Å². The van der Waals surface area contributed by atoms with Gasteiger partial charge in [0.25, 0.3) is 0 Å². The Bertz CT molecular complexity index is 947. The van der Waals surface area contributed by atoms with E-state index >= 15 is 0 Å². The topological polar surface area (TPSA) is 84.9 Å². The number of halogens is 1. The molecular formula is C18H19FN2O5S. The van der Waals surface area contributed by atoms with Crippen LogP contribution in [0.25, 0.3) is 0 Å². The van der Waals surface area contributed by atoms with Crippen molar-refractivity contribution in [3.8, 4) is 11.5 Å². The van der Waals surface area contributed by atoms with Crippen LogP contribution in [0.3, 0.4) is 0 Å². The van der Waals surface area contributed by atoms with Crippen LogP contribution < -0.4 is 19.1 Å². The van der Waals surface area contributed by atoms with Gasteiger partial charge in [-0.1, -0.05) is 12.1 Å².